The van der Waals surface area contributed by atoms with Crippen molar-refractivity contribution in [3.63, 3.8) is 0 Å². The van der Waals surface area contributed by atoms with Crippen molar-refractivity contribution in [2.45, 2.75) is 90.9 Å². The zero-order valence-corrected chi connectivity index (χ0v) is 22.9. The number of carbonyl (C=O) groups excluding carboxylic acids is 1. The number of hydrogen-bond donors (Lipinski definition) is 0. The second kappa shape index (κ2) is 16.5. The van der Waals surface area contributed by atoms with Crippen molar-refractivity contribution < 1.29 is 18.7 Å². The van der Waals surface area contributed by atoms with E-state index in [-0.39, 0.29) is 17.4 Å². The van der Waals surface area contributed by atoms with Crippen LogP contribution in [0.15, 0.2) is 54.9 Å². The Kier molecular flexibility index (Phi) is 12.7. The Morgan fingerprint density at radius 2 is 1.37 bits per heavy atom. The molecule has 0 fully saturated rings. The average Bonchev–Trinajstić information content (AvgIpc) is 2.94. The van der Waals surface area contributed by atoms with Gasteiger partial charge in [-0.05, 0) is 60.2 Å². The highest BCUT2D eigenvalue weighted by molar-refractivity contribution is 5.87. The fourth-order valence-electron chi connectivity index (χ4n) is 4.25. The molecule has 6 heteroatoms. The molecule has 3 aromatic rings. The molecule has 2 aromatic carbocycles. The van der Waals surface area contributed by atoms with Crippen LogP contribution in [0.25, 0.3) is 11.1 Å². The number of halogens is 1. The van der Waals surface area contributed by atoms with E-state index in [1.54, 1.807) is 42.7 Å². The van der Waals surface area contributed by atoms with Gasteiger partial charge in [-0.2, -0.15) is 0 Å². The number of rotatable bonds is 17. The molecule has 0 aliphatic heterocycles. The van der Waals surface area contributed by atoms with E-state index in [2.05, 4.69) is 23.8 Å². The van der Waals surface area contributed by atoms with Gasteiger partial charge in [-0.25, -0.2) is 19.2 Å². The lowest BCUT2D eigenvalue weighted by Crippen LogP contribution is -2.13. The van der Waals surface area contributed by atoms with Crippen LogP contribution in [0.5, 0.6) is 11.5 Å². The van der Waals surface area contributed by atoms with Crippen molar-refractivity contribution in [3.05, 3.63) is 72.1 Å². The zero-order valence-electron chi connectivity index (χ0n) is 22.9. The van der Waals surface area contributed by atoms with Crippen molar-refractivity contribution in [1.82, 2.24) is 9.97 Å². The molecule has 1 aromatic heterocycles. The molecule has 5 nitrogen and oxygen atoms in total. The number of benzene rings is 2. The van der Waals surface area contributed by atoms with E-state index in [1.807, 2.05) is 6.07 Å². The van der Waals surface area contributed by atoms with Gasteiger partial charge in [0, 0.05) is 12.4 Å². The zero-order chi connectivity index (χ0) is 27.0. The molecule has 0 saturated heterocycles. The Balaban J connectivity index is 1.47. The fourth-order valence-corrected chi connectivity index (χ4v) is 4.25. The molecule has 0 saturated carbocycles. The lowest BCUT2D eigenvalue weighted by atomic mass is 10.1. The topological polar surface area (TPSA) is 61.3 Å². The molecule has 0 radical (unpaired) electrons. The normalized spacial score (nSPS) is 10.9. The van der Waals surface area contributed by atoms with E-state index < -0.39 is 5.97 Å². The first kappa shape index (κ1) is 29.3. The molecule has 204 valence electrons. The molecule has 0 atom stereocenters. The van der Waals surface area contributed by atoms with E-state index in [0.717, 1.165) is 42.4 Å². The van der Waals surface area contributed by atoms with Crippen LogP contribution < -0.4 is 9.47 Å². The summed E-state index contributed by atoms with van der Waals surface area (Å²) >= 11 is 0. The second-order valence-corrected chi connectivity index (χ2v) is 9.75. The quantitative estimate of drug-likeness (QED) is 0.101. The summed E-state index contributed by atoms with van der Waals surface area (Å²) < 4.78 is 25.7. The predicted molar refractivity (Wildman–Crippen MR) is 150 cm³/mol. The molecule has 0 N–H and O–H groups in total. The maximum absolute atomic E-state index is 14.6. The Bertz CT molecular complexity index is 1100. The average molecular weight is 521 g/mol. The summed E-state index contributed by atoms with van der Waals surface area (Å²) in [5.41, 5.74) is 2.56. The van der Waals surface area contributed by atoms with E-state index in [9.17, 15) is 9.18 Å². The monoisotopic (exact) mass is 520 g/mol. The third-order valence-corrected chi connectivity index (χ3v) is 6.54. The Morgan fingerprint density at radius 1 is 0.763 bits per heavy atom. The van der Waals surface area contributed by atoms with Gasteiger partial charge >= 0.3 is 5.97 Å². The Morgan fingerprint density at radius 3 is 2.03 bits per heavy atom. The highest BCUT2D eigenvalue weighted by Gasteiger charge is 2.13. The number of nitrogens with zero attached hydrogens (tertiary/aromatic N) is 2. The van der Waals surface area contributed by atoms with Crippen LogP contribution in [0.1, 0.15) is 101 Å². The van der Waals surface area contributed by atoms with Gasteiger partial charge in [0.1, 0.15) is 5.75 Å². The van der Waals surface area contributed by atoms with Gasteiger partial charge in [0.25, 0.3) is 0 Å². The van der Waals surface area contributed by atoms with Crippen LogP contribution in [0.2, 0.25) is 0 Å². The minimum Gasteiger partial charge on any atom is -0.491 e. The van der Waals surface area contributed by atoms with Crippen molar-refractivity contribution in [3.8, 4) is 22.6 Å². The van der Waals surface area contributed by atoms with Gasteiger partial charge in [-0.3, -0.25) is 0 Å². The summed E-state index contributed by atoms with van der Waals surface area (Å²) in [6.07, 6.45) is 17.3. The third kappa shape index (κ3) is 9.88. The number of carbonyl (C=O) groups is 1. The second-order valence-electron chi connectivity index (χ2n) is 9.75. The highest BCUT2D eigenvalue weighted by atomic mass is 19.1. The molecule has 1 heterocycles. The molecular formula is C32H41FN2O3. The SMILES string of the molecule is CCCCCCCCOc1ccc(-c2ccc(OC(=O)c3ncc(CCCCCCC)cn3)cc2)cc1F. The van der Waals surface area contributed by atoms with E-state index in [4.69, 9.17) is 9.47 Å². The van der Waals surface area contributed by atoms with Crippen molar-refractivity contribution in [1.29, 1.82) is 0 Å². The van der Waals surface area contributed by atoms with Crippen LogP contribution in [0, 0.1) is 5.82 Å². The van der Waals surface area contributed by atoms with Crippen LogP contribution in [-0.2, 0) is 6.42 Å². The summed E-state index contributed by atoms with van der Waals surface area (Å²) in [5.74, 6) is -0.310. The smallest absolute Gasteiger partial charge is 0.381 e. The largest absolute Gasteiger partial charge is 0.491 e. The minimum absolute atomic E-state index is 0.0300. The Hall–Kier alpha value is -3.28. The highest BCUT2D eigenvalue weighted by Crippen LogP contribution is 2.27. The fraction of sp³-hybridized carbons (Fsp3) is 0.469. The van der Waals surface area contributed by atoms with Crippen molar-refractivity contribution in [2.24, 2.45) is 0 Å². The number of unbranched alkanes of at least 4 members (excludes halogenated alkanes) is 9. The van der Waals surface area contributed by atoms with Crippen LogP contribution in [0.3, 0.4) is 0 Å². The summed E-state index contributed by atoms with van der Waals surface area (Å²) in [7, 11) is 0. The van der Waals surface area contributed by atoms with Gasteiger partial charge in [0.15, 0.2) is 11.6 Å². The molecular weight excluding hydrogens is 479 g/mol. The summed E-state index contributed by atoms with van der Waals surface area (Å²) in [6, 6.07) is 11.9. The van der Waals surface area contributed by atoms with Crippen LogP contribution >= 0.6 is 0 Å². The number of aromatic nitrogens is 2. The third-order valence-electron chi connectivity index (χ3n) is 6.54. The maximum atomic E-state index is 14.6. The predicted octanol–water partition coefficient (Wildman–Crippen LogP) is 8.75. The lowest BCUT2D eigenvalue weighted by Gasteiger charge is -2.10. The Labute approximate surface area is 226 Å². The summed E-state index contributed by atoms with van der Waals surface area (Å²) in [5, 5.41) is 0. The number of esters is 1. The van der Waals surface area contributed by atoms with Gasteiger partial charge in [0.05, 0.1) is 6.61 Å². The maximum Gasteiger partial charge on any atom is 0.381 e. The summed E-state index contributed by atoms with van der Waals surface area (Å²) in [4.78, 5) is 20.8. The molecule has 0 unspecified atom stereocenters. The molecule has 38 heavy (non-hydrogen) atoms. The van der Waals surface area contributed by atoms with E-state index >= 15 is 0 Å². The number of hydrogen-bond acceptors (Lipinski definition) is 5. The summed E-state index contributed by atoms with van der Waals surface area (Å²) in [6.45, 7) is 4.92. The van der Waals surface area contributed by atoms with E-state index in [1.165, 1.54) is 57.4 Å². The van der Waals surface area contributed by atoms with Gasteiger partial charge in [-0.1, -0.05) is 89.8 Å². The van der Waals surface area contributed by atoms with Crippen LogP contribution in [-0.4, -0.2) is 22.5 Å². The van der Waals surface area contributed by atoms with Gasteiger partial charge in [0.2, 0.25) is 5.82 Å². The van der Waals surface area contributed by atoms with Crippen molar-refractivity contribution >= 4 is 5.97 Å². The first-order valence-corrected chi connectivity index (χ1v) is 14.2. The molecule has 0 spiro atoms. The van der Waals surface area contributed by atoms with Gasteiger partial charge in [-0.15, -0.1) is 0 Å². The molecule has 0 amide bonds. The lowest BCUT2D eigenvalue weighted by molar-refractivity contribution is 0.0721. The molecule has 0 aliphatic carbocycles. The van der Waals surface area contributed by atoms with Crippen LogP contribution in [0.4, 0.5) is 4.39 Å². The molecule has 0 bridgehead atoms. The standard InChI is InChI=1S/C32H41FN2O3/c1-3-5-7-9-11-13-21-37-30-20-17-27(22-29(30)33)26-15-18-28(19-16-26)38-32(36)31-34-23-25(24-35-31)14-12-10-8-6-4-2/h15-20,22-24H,3-14,21H2,1-2H3. The number of ether oxygens (including phenoxy) is 2. The first-order valence-electron chi connectivity index (χ1n) is 14.2. The first-order chi connectivity index (χ1) is 18.6. The van der Waals surface area contributed by atoms with Gasteiger partial charge < -0.3 is 9.47 Å². The van der Waals surface area contributed by atoms with Crippen molar-refractivity contribution in [2.75, 3.05) is 6.61 Å². The minimum atomic E-state index is -0.606. The number of aryl methyl sites for hydroxylation is 1. The van der Waals surface area contributed by atoms with E-state index in [0.29, 0.717) is 12.4 Å². The molecule has 3 rings (SSSR count). The molecule has 0 aliphatic rings.